The summed E-state index contributed by atoms with van der Waals surface area (Å²) >= 11 is 1.77. The lowest BCUT2D eigenvalue weighted by atomic mass is 10.3. The highest BCUT2D eigenvalue weighted by molar-refractivity contribution is 8.00. The van der Waals surface area contributed by atoms with Crippen LogP contribution in [0.5, 0.6) is 0 Å². The lowest BCUT2D eigenvalue weighted by Gasteiger charge is -2.21. The Bertz CT molecular complexity index is 176. The fourth-order valence-corrected chi connectivity index (χ4v) is 2.26. The maximum Gasteiger partial charge on any atom is 0.234 e. The molecule has 1 amide bonds. The molecule has 0 bridgehead atoms. The minimum Gasteiger partial charge on any atom is -0.352 e. The molecule has 0 aromatic heterocycles. The summed E-state index contributed by atoms with van der Waals surface area (Å²) in [5.74, 6) is 1.29. The SMILES string of the molecule is O=C(NC1CC1)C1CNCCS1. The first-order chi connectivity index (χ1) is 5.86. The molecule has 68 valence electrons. The van der Waals surface area contributed by atoms with Crippen molar-refractivity contribution in [2.45, 2.75) is 24.1 Å². The molecule has 2 N–H and O–H groups in total. The molecule has 0 radical (unpaired) electrons. The van der Waals surface area contributed by atoms with E-state index in [0.717, 1.165) is 18.8 Å². The lowest BCUT2D eigenvalue weighted by molar-refractivity contribution is -0.120. The summed E-state index contributed by atoms with van der Waals surface area (Å²) in [4.78, 5) is 11.5. The van der Waals surface area contributed by atoms with E-state index in [2.05, 4.69) is 10.6 Å². The van der Waals surface area contributed by atoms with Gasteiger partial charge in [0.15, 0.2) is 0 Å². The number of amides is 1. The van der Waals surface area contributed by atoms with E-state index in [4.69, 9.17) is 0 Å². The van der Waals surface area contributed by atoms with Crippen LogP contribution in [0, 0.1) is 0 Å². The highest BCUT2D eigenvalue weighted by atomic mass is 32.2. The average molecular weight is 186 g/mol. The Morgan fingerprint density at radius 3 is 2.92 bits per heavy atom. The quantitative estimate of drug-likeness (QED) is 0.636. The molecule has 1 heterocycles. The van der Waals surface area contributed by atoms with Crippen LogP contribution in [-0.4, -0.2) is 36.0 Å². The fourth-order valence-electron chi connectivity index (χ4n) is 1.26. The molecule has 0 aromatic rings. The first kappa shape index (κ1) is 8.38. The number of nitrogens with one attached hydrogen (secondary N) is 2. The van der Waals surface area contributed by atoms with Crippen LogP contribution >= 0.6 is 11.8 Å². The third-order valence-corrected chi connectivity index (χ3v) is 3.37. The average Bonchev–Trinajstić information content (AvgIpc) is 2.90. The lowest BCUT2D eigenvalue weighted by Crippen LogP contribution is -2.43. The van der Waals surface area contributed by atoms with E-state index in [1.165, 1.54) is 12.8 Å². The Kier molecular flexibility index (Phi) is 2.56. The van der Waals surface area contributed by atoms with Gasteiger partial charge in [-0.3, -0.25) is 4.79 Å². The molecule has 2 rings (SSSR count). The zero-order chi connectivity index (χ0) is 8.39. The normalized spacial score (nSPS) is 29.8. The van der Waals surface area contributed by atoms with E-state index in [1.807, 2.05) is 0 Å². The smallest absolute Gasteiger partial charge is 0.234 e. The zero-order valence-corrected chi connectivity index (χ0v) is 7.82. The van der Waals surface area contributed by atoms with Gasteiger partial charge in [-0.1, -0.05) is 0 Å². The Morgan fingerprint density at radius 2 is 2.33 bits per heavy atom. The van der Waals surface area contributed by atoms with Crippen molar-refractivity contribution >= 4 is 17.7 Å². The molecule has 3 nitrogen and oxygen atoms in total. The molecule has 1 saturated heterocycles. The molecule has 0 spiro atoms. The maximum absolute atomic E-state index is 11.5. The van der Waals surface area contributed by atoms with Crippen LogP contribution in [-0.2, 0) is 4.79 Å². The van der Waals surface area contributed by atoms with Gasteiger partial charge in [0.25, 0.3) is 0 Å². The minimum absolute atomic E-state index is 0.152. The van der Waals surface area contributed by atoms with E-state index in [-0.39, 0.29) is 11.2 Å². The van der Waals surface area contributed by atoms with Gasteiger partial charge in [0.2, 0.25) is 5.91 Å². The number of hydrogen-bond donors (Lipinski definition) is 2. The van der Waals surface area contributed by atoms with Crippen LogP contribution in [0.1, 0.15) is 12.8 Å². The topological polar surface area (TPSA) is 41.1 Å². The van der Waals surface area contributed by atoms with Crippen molar-refractivity contribution in [3.63, 3.8) is 0 Å². The summed E-state index contributed by atoms with van der Waals surface area (Å²) in [5.41, 5.74) is 0. The molecular weight excluding hydrogens is 172 g/mol. The van der Waals surface area contributed by atoms with Crippen LogP contribution in [0.2, 0.25) is 0 Å². The number of carbonyl (C=O) groups is 1. The molecule has 2 aliphatic rings. The Morgan fingerprint density at radius 1 is 1.50 bits per heavy atom. The Balaban J connectivity index is 1.76. The van der Waals surface area contributed by atoms with E-state index in [9.17, 15) is 4.79 Å². The summed E-state index contributed by atoms with van der Waals surface area (Å²) in [6.45, 7) is 1.88. The molecule has 2 fully saturated rings. The summed E-state index contributed by atoms with van der Waals surface area (Å²) in [7, 11) is 0. The van der Waals surface area contributed by atoms with E-state index in [1.54, 1.807) is 11.8 Å². The van der Waals surface area contributed by atoms with Crippen molar-refractivity contribution in [2.24, 2.45) is 0 Å². The van der Waals surface area contributed by atoms with Crippen molar-refractivity contribution in [1.29, 1.82) is 0 Å². The molecule has 1 unspecified atom stereocenters. The van der Waals surface area contributed by atoms with Gasteiger partial charge in [0.1, 0.15) is 0 Å². The van der Waals surface area contributed by atoms with Crippen molar-refractivity contribution in [1.82, 2.24) is 10.6 Å². The van der Waals surface area contributed by atoms with E-state index < -0.39 is 0 Å². The van der Waals surface area contributed by atoms with Gasteiger partial charge in [-0.05, 0) is 12.8 Å². The molecule has 1 atom stereocenters. The summed E-state index contributed by atoms with van der Waals surface area (Å²) in [6.07, 6.45) is 2.35. The highest BCUT2D eigenvalue weighted by Gasteiger charge is 2.28. The van der Waals surface area contributed by atoms with Gasteiger partial charge in [0, 0.05) is 24.9 Å². The monoisotopic (exact) mass is 186 g/mol. The van der Waals surface area contributed by atoms with Gasteiger partial charge in [-0.2, -0.15) is 0 Å². The fraction of sp³-hybridized carbons (Fsp3) is 0.875. The molecule has 1 saturated carbocycles. The molecule has 1 aliphatic heterocycles. The summed E-state index contributed by atoms with van der Waals surface area (Å²) < 4.78 is 0. The van der Waals surface area contributed by atoms with Gasteiger partial charge in [-0.25, -0.2) is 0 Å². The van der Waals surface area contributed by atoms with Crippen LogP contribution in [0.25, 0.3) is 0 Å². The Labute approximate surface area is 76.7 Å². The first-order valence-electron chi connectivity index (χ1n) is 4.49. The molecule has 0 aromatic carbocycles. The molecule has 12 heavy (non-hydrogen) atoms. The van der Waals surface area contributed by atoms with Crippen molar-refractivity contribution < 1.29 is 4.79 Å². The van der Waals surface area contributed by atoms with Crippen molar-refractivity contribution in [3.05, 3.63) is 0 Å². The molecular formula is C8H14N2OS. The van der Waals surface area contributed by atoms with Gasteiger partial charge >= 0.3 is 0 Å². The zero-order valence-electron chi connectivity index (χ0n) is 7.01. The van der Waals surface area contributed by atoms with Crippen LogP contribution in [0.3, 0.4) is 0 Å². The van der Waals surface area contributed by atoms with Crippen LogP contribution < -0.4 is 10.6 Å². The van der Waals surface area contributed by atoms with Crippen LogP contribution in [0.15, 0.2) is 0 Å². The third kappa shape index (κ3) is 2.14. The second kappa shape index (κ2) is 3.66. The molecule has 1 aliphatic carbocycles. The number of rotatable bonds is 2. The first-order valence-corrected chi connectivity index (χ1v) is 5.54. The summed E-state index contributed by atoms with van der Waals surface area (Å²) in [5, 5.41) is 6.40. The van der Waals surface area contributed by atoms with Gasteiger partial charge in [-0.15, -0.1) is 11.8 Å². The van der Waals surface area contributed by atoms with Crippen molar-refractivity contribution in [3.8, 4) is 0 Å². The predicted octanol–water partition coefficient (Wildman–Crippen LogP) is -0.0300. The Hall–Kier alpha value is -0.220. The standard InChI is InChI=1S/C8H14N2OS/c11-8(10-6-1-2-6)7-5-9-3-4-12-7/h6-7,9H,1-5H2,(H,10,11). The predicted molar refractivity (Wildman–Crippen MR) is 50.3 cm³/mol. The number of hydrogen-bond acceptors (Lipinski definition) is 3. The largest absolute Gasteiger partial charge is 0.352 e. The highest BCUT2D eigenvalue weighted by Crippen LogP contribution is 2.20. The second-order valence-electron chi connectivity index (χ2n) is 3.35. The number of thioether (sulfide) groups is 1. The van der Waals surface area contributed by atoms with Gasteiger partial charge in [0.05, 0.1) is 5.25 Å². The summed E-state index contributed by atoms with van der Waals surface area (Å²) in [6, 6.07) is 0.500. The number of carbonyl (C=O) groups excluding carboxylic acids is 1. The minimum atomic E-state index is 0.152. The van der Waals surface area contributed by atoms with Crippen LogP contribution in [0.4, 0.5) is 0 Å². The third-order valence-electron chi connectivity index (χ3n) is 2.14. The van der Waals surface area contributed by atoms with E-state index >= 15 is 0 Å². The molecule has 4 heteroatoms. The van der Waals surface area contributed by atoms with E-state index in [0.29, 0.717) is 6.04 Å². The maximum atomic E-state index is 11.5. The van der Waals surface area contributed by atoms with Crippen molar-refractivity contribution in [2.75, 3.05) is 18.8 Å². The van der Waals surface area contributed by atoms with Gasteiger partial charge < -0.3 is 10.6 Å². The second-order valence-corrected chi connectivity index (χ2v) is 4.66.